The van der Waals surface area contributed by atoms with Gasteiger partial charge < -0.3 is 15.0 Å². The third kappa shape index (κ3) is 6.99. The van der Waals surface area contributed by atoms with E-state index < -0.39 is 38.8 Å². The van der Waals surface area contributed by atoms with Crippen molar-refractivity contribution in [1.82, 2.24) is 19.9 Å². The Labute approximate surface area is 219 Å². The number of ether oxygens (including phenoxy) is 1. The first-order chi connectivity index (χ1) is 18.2. The Morgan fingerprint density at radius 3 is 2.47 bits per heavy atom. The lowest BCUT2D eigenvalue weighted by molar-refractivity contribution is 0.407. The predicted octanol–water partition coefficient (Wildman–Crippen LogP) is 4.52. The Morgan fingerprint density at radius 2 is 1.71 bits per heavy atom. The minimum absolute atomic E-state index is 0.0128. The van der Waals surface area contributed by atoms with E-state index in [0.717, 1.165) is 18.7 Å². The highest BCUT2D eigenvalue weighted by molar-refractivity contribution is 7.91. The molecule has 38 heavy (non-hydrogen) atoms. The first kappa shape index (κ1) is 26.9. The summed E-state index contributed by atoms with van der Waals surface area (Å²) in [7, 11) is -0.0881. The van der Waals surface area contributed by atoms with Crippen LogP contribution in [0, 0.1) is 11.6 Å². The maximum Gasteiger partial charge on any atom is 0.237 e. The number of sulfonamides is 1. The molecule has 0 bridgehead atoms. The van der Waals surface area contributed by atoms with Crippen molar-refractivity contribution < 1.29 is 21.9 Å². The van der Waals surface area contributed by atoms with Crippen molar-refractivity contribution >= 4 is 21.7 Å². The molecule has 2 N–H and O–H groups in total. The monoisotopic (exact) mass is 540 g/mol. The van der Waals surface area contributed by atoms with Crippen molar-refractivity contribution in [2.75, 3.05) is 37.2 Å². The van der Waals surface area contributed by atoms with Crippen LogP contribution in [0.15, 0.2) is 73.1 Å². The molecule has 2 heterocycles. The second-order valence-corrected chi connectivity index (χ2v) is 10.3. The number of benzene rings is 2. The Balaban J connectivity index is 1.54. The average molecular weight is 541 g/mol. The summed E-state index contributed by atoms with van der Waals surface area (Å²) in [5.41, 5.74) is 0.861. The molecule has 0 atom stereocenters. The Morgan fingerprint density at radius 1 is 0.921 bits per heavy atom. The number of hydrogen-bond donors (Lipinski definition) is 2. The van der Waals surface area contributed by atoms with Gasteiger partial charge in [0.05, 0.1) is 22.7 Å². The number of pyridine rings is 1. The molecule has 9 nitrogen and oxygen atoms in total. The van der Waals surface area contributed by atoms with E-state index in [1.54, 1.807) is 54.7 Å². The number of nitrogens with zero attached hydrogens (tertiary/aromatic N) is 4. The molecule has 0 unspecified atom stereocenters. The smallest absolute Gasteiger partial charge is 0.237 e. The molecule has 4 aromatic rings. The highest BCUT2D eigenvalue weighted by atomic mass is 32.2. The van der Waals surface area contributed by atoms with Crippen LogP contribution in [0.2, 0.25) is 0 Å². The quantitative estimate of drug-likeness (QED) is 0.286. The number of aromatic nitrogens is 3. The van der Waals surface area contributed by atoms with Gasteiger partial charge in [-0.25, -0.2) is 27.8 Å². The molecule has 0 fully saturated rings. The summed E-state index contributed by atoms with van der Waals surface area (Å²) in [5, 5.41) is 3.12. The zero-order valence-corrected chi connectivity index (χ0v) is 21.5. The van der Waals surface area contributed by atoms with Crippen LogP contribution in [-0.2, 0) is 15.8 Å². The topological polar surface area (TPSA) is 109 Å². The summed E-state index contributed by atoms with van der Waals surface area (Å²) in [6.07, 6.45) is 3.00. The fourth-order valence-corrected chi connectivity index (χ4v) is 4.64. The SMILES string of the molecule is CN(C)CCNc1nccc(-c2cccnc2Oc2ccc(NS(=O)(=O)Cc3ccccc3)c(F)c2F)n1. The van der Waals surface area contributed by atoms with E-state index in [1.807, 2.05) is 19.0 Å². The molecule has 0 aliphatic heterocycles. The van der Waals surface area contributed by atoms with Gasteiger partial charge in [-0.15, -0.1) is 0 Å². The Hall–Kier alpha value is -4.16. The van der Waals surface area contributed by atoms with Gasteiger partial charge in [0.1, 0.15) is 0 Å². The van der Waals surface area contributed by atoms with Crippen molar-refractivity contribution in [3.8, 4) is 22.9 Å². The second kappa shape index (κ2) is 11.9. The van der Waals surface area contributed by atoms with Crippen molar-refractivity contribution in [3.63, 3.8) is 0 Å². The van der Waals surface area contributed by atoms with Gasteiger partial charge in [-0.05, 0) is 50.0 Å². The third-order valence-electron chi connectivity index (χ3n) is 5.26. The fraction of sp³-hybridized carbons (Fsp3) is 0.192. The largest absolute Gasteiger partial charge is 0.435 e. The molecular formula is C26H26F2N6O3S. The summed E-state index contributed by atoms with van der Waals surface area (Å²) in [4.78, 5) is 14.8. The van der Waals surface area contributed by atoms with Crippen LogP contribution in [0.25, 0.3) is 11.3 Å². The molecule has 0 radical (unpaired) electrons. The van der Waals surface area contributed by atoms with E-state index in [4.69, 9.17) is 4.74 Å². The van der Waals surface area contributed by atoms with Crippen molar-refractivity contribution in [3.05, 3.63) is 90.3 Å². The molecular weight excluding hydrogens is 514 g/mol. The molecule has 0 aliphatic rings. The number of hydrogen-bond acceptors (Lipinski definition) is 8. The number of halogens is 2. The van der Waals surface area contributed by atoms with Crippen LogP contribution in [0.5, 0.6) is 11.6 Å². The lowest BCUT2D eigenvalue weighted by atomic mass is 10.2. The molecule has 2 aromatic heterocycles. The van der Waals surface area contributed by atoms with Gasteiger partial charge in [0.25, 0.3) is 0 Å². The van der Waals surface area contributed by atoms with Crippen LogP contribution >= 0.6 is 0 Å². The molecule has 0 aliphatic carbocycles. The highest BCUT2D eigenvalue weighted by Gasteiger charge is 2.21. The predicted molar refractivity (Wildman–Crippen MR) is 141 cm³/mol. The number of anilines is 2. The van der Waals surface area contributed by atoms with Gasteiger partial charge in [-0.1, -0.05) is 30.3 Å². The average Bonchev–Trinajstić information content (AvgIpc) is 2.89. The molecule has 0 spiro atoms. The maximum absolute atomic E-state index is 15.0. The second-order valence-electron chi connectivity index (χ2n) is 8.54. The summed E-state index contributed by atoms with van der Waals surface area (Å²) in [5.74, 6) is -3.24. The van der Waals surface area contributed by atoms with Gasteiger partial charge >= 0.3 is 0 Å². The van der Waals surface area contributed by atoms with Crippen molar-refractivity contribution in [1.29, 1.82) is 0 Å². The lowest BCUT2D eigenvalue weighted by Gasteiger charge is -2.14. The van der Waals surface area contributed by atoms with Gasteiger partial charge in [-0.2, -0.15) is 4.39 Å². The lowest BCUT2D eigenvalue weighted by Crippen LogP contribution is -2.21. The first-order valence-electron chi connectivity index (χ1n) is 11.6. The van der Waals surface area contributed by atoms with Gasteiger partial charge in [0.2, 0.25) is 27.7 Å². The van der Waals surface area contributed by atoms with Crippen LogP contribution < -0.4 is 14.8 Å². The number of nitrogens with one attached hydrogen (secondary N) is 2. The van der Waals surface area contributed by atoms with E-state index in [9.17, 15) is 17.2 Å². The fourth-order valence-electron chi connectivity index (χ4n) is 3.44. The van der Waals surface area contributed by atoms with E-state index in [-0.39, 0.29) is 5.88 Å². The van der Waals surface area contributed by atoms with Gasteiger partial charge in [0.15, 0.2) is 11.6 Å². The molecule has 4 rings (SSSR count). The number of rotatable bonds is 11. The van der Waals surface area contributed by atoms with E-state index in [0.29, 0.717) is 29.3 Å². The highest BCUT2D eigenvalue weighted by Crippen LogP contribution is 2.34. The molecule has 12 heteroatoms. The summed E-state index contributed by atoms with van der Waals surface area (Å²) >= 11 is 0. The van der Waals surface area contributed by atoms with Crippen LogP contribution in [0.3, 0.4) is 0 Å². The summed E-state index contributed by atoms with van der Waals surface area (Å²) in [6, 6.07) is 15.6. The zero-order valence-electron chi connectivity index (χ0n) is 20.7. The Kier molecular flexibility index (Phi) is 8.44. The molecule has 0 amide bonds. The normalized spacial score (nSPS) is 11.4. The summed E-state index contributed by atoms with van der Waals surface area (Å²) < 4.78 is 62.5. The standard InChI is InChI=1S/C26H26F2N6O3S/c1-34(2)16-15-31-26-30-14-12-20(32-26)19-9-6-13-29-25(19)37-22-11-10-21(23(27)24(22)28)33-38(35,36)17-18-7-4-3-5-8-18/h3-14,33H,15-17H2,1-2H3,(H,30,31,32). The first-order valence-corrected chi connectivity index (χ1v) is 13.2. The number of likely N-dealkylation sites (N-methyl/N-ethyl adjacent to an activating group) is 1. The van der Waals surface area contributed by atoms with E-state index >= 15 is 0 Å². The molecule has 0 saturated carbocycles. The van der Waals surface area contributed by atoms with Crippen molar-refractivity contribution in [2.45, 2.75) is 5.75 Å². The summed E-state index contributed by atoms with van der Waals surface area (Å²) in [6.45, 7) is 1.40. The molecule has 0 saturated heterocycles. The maximum atomic E-state index is 15.0. The molecule has 198 valence electrons. The van der Waals surface area contributed by atoms with Gasteiger partial charge in [0, 0.05) is 25.5 Å². The Bertz CT molecular complexity index is 1500. The zero-order chi connectivity index (χ0) is 27.1. The van der Waals surface area contributed by atoms with E-state index in [2.05, 4.69) is 25.0 Å². The van der Waals surface area contributed by atoms with Gasteiger partial charge in [-0.3, -0.25) is 4.72 Å². The van der Waals surface area contributed by atoms with Crippen LogP contribution in [0.1, 0.15) is 5.56 Å². The third-order valence-corrected chi connectivity index (χ3v) is 6.51. The van der Waals surface area contributed by atoms with Crippen molar-refractivity contribution in [2.24, 2.45) is 0 Å². The minimum Gasteiger partial charge on any atom is -0.435 e. The van der Waals surface area contributed by atoms with E-state index in [1.165, 1.54) is 6.20 Å². The molecule has 2 aromatic carbocycles. The minimum atomic E-state index is -3.99. The van der Waals surface area contributed by atoms with Crippen LogP contribution in [-0.4, -0.2) is 55.5 Å². The van der Waals surface area contributed by atoms with Crippen LogP contribution in [0.4, 0.5) is 20.4 Å².